The molecule has 2 N–H and O–H groups in total. The van der Waals surface area contributed by atoms with Gasteiger partial charge in [0.15, 0.2) is 0 Å². The zero-order valence-electron chi connectivity index (χ0n) is 14.7. The quantitative estimate of drug-likeness (QED) is 0.692. The number of unbranched alkanes of at least 4 members (excludes halogenated alkanes) is 1. The van der Waals surface area contributed by atoms with Gasteiger partial charge in [0.2, 0.25) is 20.0 Å². The number of sulfonamides is 2. The van der Waals surface area contributed by atoms with Crippen LogP contribution in [0.15, 0.2) is 29.2 Å². The van der Waals surface area contributed by atoms with E-state index in [0.29, 0.717) is 37.0 Å². The molecule has 2 heterocycles. The Labute approximate surface area is 162 Å². The van der Waals surface area contributed by atoms with Crippen molar-refractivity contribution < 1.29 is 16.8 Å². The third-order valence-electron chi connectivity index (χ3n) is 4.89. The van der Waals surface area contributed by atoms with Crippen molar-refractivity contribution in [1.82, 2.24) is 9.62 Å². The van der Waals surface area contributed by atoms with Crippen LogP contribution in [-0.4, -0.2) is 53.1 Å². The maximum absolute atomic E-state index is 12.8. The second-order valence-electron chi connectivity index (χ2n) is 6.80. The van der Waals surface area contributed by atoms with Crippen LogP contribution in [0.25, 0.3) is 0 Å². The molecule has 2 aliphatic heterocycles. The Bertz CT molecular complexity index is 800. The number of nitrogens with zero attached hydrogens (tertiary/aromatic N) is 1. The summed E-state index contributed by atoms with van der Waals surface area (Å²) in [5.74, 6) is 0.840. The van der Waals surface area contributed by atoms with Crippen LogP contribution in [0.1, 0.15) is 19.8 Å². The number of hydrogen-bond acceptors (Lipinski definition) is 5. The van der Waals surface area contributed by atoms with Gasteiger partial charge in [0.25, 0.3) is 0 Å². The highest BCUT2D eigenvalue weighted by Gasteiger charge is 2.41. The van der Waals surface area contributed by atoms with Crippen LogP contribution in [-0.2, 0) is 20.0 Å². The summed E-state index contributed by atoms with van der Waals surface area (Å²) in [7, 11) is -6.91. The van der Waals surface area contributed by atoms with E-state index in [2.05, 4.69) is 10.0 Å². The van der Waals surface area contributed by atoms with Gasteiger partial charge < -0.3 is 5.32 Å². The van der Waals surface area contributed by atoms with Gasteiger partial charge in [-0.25, -0.2) is 16.8 Å². The molecule has 0 radical (unpaired) electrons. The van der Waals surface area contributed by atoms with E-state index < -0.39 is 20.0 Å². The molecule has 26 heavy (non-hydrogen) atoms. The summed E-state index contributed by atoms with van der Waals surface area (Å²) in [4.78, 5) is 0.205. The van der Waals surface area contributed by atoms with E-state index in [1.54, 1.807) is 4.31 Å². The molecule has 2 atom stereocenters. The molecule has 1 aromatic carbocycles. The molecule has 0 saturated carbocycles. The number of rotatable bonds is 7. The van der Waals surface area contributed by atoms with E-state index in [9.17, 15) is 16.8 Å². The lowest BCUT2D eigenvalue weighted by atomic mass is 10.0. The topological polar surface area (TPSA) is 95.6 Å². The van der Waals surface area contributed by atoms with Crippen LogP contribution in [0.2, 0.25) is 0 Å². The fourth-order valence-corrected chi connectivity index (χ4v) is 6.24. The maximum Gasteiger partial charge on any atom is 0.243 e. The normalized spacial score (nSPS) is 23.4. The van der Waals surface area contributed by atoms with Gasteiger partial charge in [-0.3, -0.25) is 4.72 Å². The summed E-state index contributed by atoms with van der Waals surface area (Å²) < 4.78 is 53.4. The molecular weight excluding hydrogens is 398 g/mol. The number of anilines is 1. The van der Waals surface area contributed by atoms with E-state index in [1.165, 1.54) is 24.3 Å². The lowest BCUT2D eigenvalue weighted by molar-refractivity contribution is 0.448. The maximum atomic E-state index is 12.8. The smallest absolute Gasteiger partial charge is 0.243 e. The average molecular weight is 424 g/mol. The summed E-state index contributed by atoms with van der Waals surface area (Å²) in [5, 5.41) is 3.29. The van der Waals surface area contributed by atoms with E-state index in [4.69, 9.17) is 0 Å². The molecule has 0 aliphatic carbocycles. The summed E-state index contributed by atoms with van der Waals surface area (Å²) in [6.45, 7) is 4.76. The monoisotopic (exact) mass is 423 g/mol. The minimum atomic E-state index is -3.53. The second kappa shape index (κ2) is 8.43. The first-order valence-corrected chi connectivity index (χ1v) is 11.7. The fraction of sp³-hybridized carbons (Fsp3) is 0.625. The van der Waals surface area contributed by atoms with Crippen molar-refractivity contribution in [2.45, 2.75) is 24.7 Å². The number of hydrogen-bond donors (Lipinski definition) is 2. The standard InChI is InChI=1S/C16H25N3O4S2.ClH/c1-2-3-8-24(20,21)18-15-4-6-16(7-5-15)25(22,23)19-11-13-9-17-10-14(13)12-19;/h4-7,13-14,17-18H,2-3,8-12H2,1H3;1H/t13-,14+;. The number of halogens is 1. The van der Waals surface area contributed by atoms with E-state index in [0.717, 1.165) is 19.5 Å². The average Bonchev–Trinajstić information content (AvgIpc) is 3.15. The van der Waals surface area contributed by atoms with Crippen LogP contribution in [0.5, 0.6) is 0 Å². The van der Waals surface area contributed by atoms with Crippen molar-refractivity contribution >= 4 is 38.1 Å². The zero-order chi connectivity index (χ0) is 18.1. The molecule has 1 aromatic rings. The Hall–Kier alpha value is -0.870. The molecule has 7 nitrogen and oxygen atoms in total. The zero-order valence-corrected chi connectivity index (χ0v) is 17.2. The van der Waals surface area contributed by atoms with Crippen LogP contribution in [0, 0.1) is 11.8 Å². The van der Waals surface area contributed by atoms with Crippen LogP contribution >= 0.6 is 12.4 Å². The van der Waals surface area contributed by atoms with Gasteiger partial charge in [0.05, 0.1) is 10.6 Å². The molecule has 2 saturated heterocycles. The van der Waals surface area contributed by atoms with Crippen molar-refractivity contribution in [3.63, 3.8) is 0 Å². The highest BCUT2D eigenvalue weighted by Crippen LogP contribution is 2.31. The third kappa shape index (κ3) is 4.69. The molecule has 0 spiro atoms. The van der Waals surface area contributed by atoms with Gasteiger partial charge in [-0.15, -0.1) is 12.4 Å². The van der Waals surface area contributed by atoms with Gasteiger partial charge in [0.1, 0.15) is 0 Å². The van der Waals surface area contributed by atoms with Crippen molar-refractivity contribution in [2.75, 3.05) is 36.7 Å². The van der Waals surface area contributed by atoms with Gasteiger partial charge in [-0.1, -0.05) is 13.3 Å². The van der Waals surface area contributed by atoms with E-state index >= 15 is 0 Å². The summed E-state index contributed by atoms with van der Waals surface area (Å²) >= 11 is 0. The number of fused-ring (bicyclic) bond motifs is 1. The molecule has 10 heteroatoms. The summed E-state index contributed by atoms with van der Waals surface area (Å²) in [6.07, 6.45) is 1.39. The largest absolute Gasteiger partial charge is 0.316 e. The number of nitrogens with one attached hydrogen (secondary N) is 2. The molecule has 0 aromatic heterocycles. The predicted octanol–water partition coefficient (Wildman–Crippen LogP) is 1.49. The molecule has 0 amide bonds. The van der Waals surface area contributed by atoms with Crippen molar-refractivity contribution in [3.05, 3.63) is 24.3 Å². The van der Waals surface area contributed by atoms with Crippen molar-refractivity contribution in [2.24, 2.45) is 11.8 Å². The highest BCUT2D eigenvalue weighted by molar-refractivity contribution is 7.92. The minimum absolute atomic E-state index is 0. The first-order chi connectivity index (χ1) is 11.8. The van der Waals surface area contributed by atoms with Crippen LogP contribution in [0.4, 0.5) is 5.69 Å². The first kappa shape index (κ1) is 21.4. The van der Waals surface area contributed by atoms with Gasteiger partial charge in [-0.2, -0.15) is 4.31 Å². The Morgan fingerprint density at radius 3 is 2.19 bits per heavy atom. The fourth-order valence-electron chi connectivity index (χ4n) is 3.42. The van der Waals surface area contributed by atoms with Gasteiger partial charge >= 0.3 is 0 Å². The molecule has 2 fully saturated rings. The van der Waals surface area contributed by atoms with Gasteiger partial charge in [0, 0.05) is 18.8 Å². The van der Waals surface area contributed by atoms with E-state index in [1.807, 2.05) is 6.92 Å². The second-order valence-corrected chi connectivity index (χ2v) is 10.6. The minimum Gasteiger partial charge on any atom is -0.316 e. The Balaban J connectivity index is 0.00000243. The molecule has 2 aliphatic rings. The van der Waals surface area contributed by atoms with E-state index in [-0.39, 0.29) is 23.1 Å². The molecular formula is C16H26ClN3O4S2. The molecule has 3 rings (SSSR count). The third-order valence-corrected chi connectivity index (χ3v) is 8.11. The Morgan fingerprint density at radius 2 is 1.65 bits per heavy atom. The van der Waals surface area contributed by atoms with Crippen LogP contribution < -0.4 is 10.0 Å². The van der Waals surface area contributed by atoms with Crippen molar-refractivity contribution in [1.29, 1.82) is 0 Å². The summed E-state index contributed by atoms with van der Waals surface area (Å²) in [5.41, 5.74) is 0.387. The molecule has 0 bridgehead atoms. The Kier molecular flexibility index (Phi) is 6.95. The predicted molar refractivity (Wildman–Crippen MR) is 105 cm³/mol. The lowest BCUT2D eigenvalue weighted by Crippen LogP contribution is -2.31. The lowest BCUT2D eigenvalue weighted by Gasteiger charge is -2.17. The number of benzene rings is 1. The molecule has 0 unspecified atom stereocenters. The SMILES string of the molecule is CCCCS(=O)(=O)Nc1ccc(S(=O)(=O)N2C[C@H]3CNC[C@H]3C2)cc1.Cl. The Morgan fingerprint density at radius 1 is 1.08 bits per heavy atom. The molecule has 148 valence electrons. The van der Waals surface area contributed by atoms with Gasteiger partial charge in [-0.05, 0) is 55.6 Å². The highest BCUT2D eigenvalue weighted by atomic mass is 35.5. The first-order valence-electron chi connectivity index (χ1n) is 8.63. The summed E-state index contributed by atoms with van der Waals surface area (Å²) in [6, 6.07) is 5.96. The van der Waals surface area contributed by atoms with Crippen LogP contribution in [0.3, 0.4) is 0 Å². The van der Waals surface area contributed by atoms with Crippen molar-refractivity contribution in [3.8, 4) is 0 Å².